The van der Waals surface area contributed by atoms with Crippen LogP contribution in [0.5, 0.6) is 0 Å². The quantitative estimate of drug-likeness (QED) is 0.850. The Bertz CT molecular complexity index is 665. The normalized spacial score (nSPS) is 10.0. The highest BCUT2D eigenvalue weighted by atomic mass is 16.2. The number of benzene rings is 2. The Morgan fingerprint density at radius 1 is 0.857 bits per heavy atom. The van der Waals surface area contributed by atoms with Gasteiger partial charge in [-0.1, -0.05) is 42.5 Å². The molecule has 108 valence electrons. The number of carbonyl (C=O) groups is 2. The molecule has 0 aliphatic carbocycles. The van der Waals surface area contributed by atoms with E-state index in [1.165, 1.54) is 0 Å². The molecule has 0 aromatic heterocycles. The van der Waals surface area contributed by atoms with Crippen LogP contribution in [0.25, 0.3) is 0 Å². The second-order valence-corrected chi connectivity index (χ2v) is 4.88. The van der Waals surface area contributed by atoms with Crippen molar-refractivity contribution >= 4 is 17.5 Å². The fourth-order valence-corrected chi connectivity index (χ4v) is 1.96. The molecule has 2 rings (SSSR count). The van der Waals surface area contributed by atoms with Crippen LogP contribution >= 0.6 is 0 Å². The van der Waals surface area contributed by atoms with Gasteiger partial charge in [-0.3, -0.25) is 9.59 Å². The number of hydrogen-bond donors (Lipinski definition) is 2. The van der Waals surface area contributed by atoms with E-state index in [9.17, 15) is 9.59 Å². The van der Waals surface area contributed by atoms with Crippen LogP contribution in [0, 0.1) is 13.8 Å². The number of nitrogens with one attached hydrogen (secondary N) is 2. The summed E-state index contributed by atoms with van der Waals surface area (Å²) in [5, 5.41) is 5.24. The zero-order valence-electron chi connectivity index (χ0n) is 12.1. The van der Waals surface area contributed by atoms with Crippen LogP contribution in [0.4, 0.5) is 5.69 Å². The highest BCUT2D eigenvalue weighted by molar-refractivity contribution is 6.39. The summed E-state index contributed by atoms with van der Waals surface area (Å²) in [6.45, 7) is 4.18. The van der Waals surface area contributed by atoms with Crippen LogP contribution < -0.4 is 10.6 Å². The summed E-state index contributed by atoms with van der Waals surface area (Å²) in [5.41, 5.74) is 3.64. The summed E-state index contributed by atoms with van der Waals surface area (Å²) in [4.78, 5) is 23.7. The van der Waals surface area contributed by atoms with E-state index in [1.54, 1.807) is 6.07 Å². The molecule has 2 amide bonds. The first kappa shape index (κ1) is 14.8. The molecule has 0 unspecified atom stereocenters. The van der Waals surface area contributed by atoms with Gasteiger partial charge in [0.1, 0.15) is 0 Å². The Hall–Kier alpha value is -2.62. The lowest BCUT2D eigenvalue weighted by atomic mass is 10.1. The molecule has 2 aromatic rings. The molecular formula is C17H18N2O2. The van der Waals surface area contributed by atoms with Crippen LogP contribution in [0.1, 0.15) is 16.7 Å². The summed E-state index contributed by atoms with van der Waals surface area (Å²) in [5.74, 6) is -1.29. The van der Waals surface area contributed by atoms with Gasteiger partial charge in [0.05, 0.1) is 0 Å². The average molecular weight is 282 g/mol. The lowest BCUT2D eigenvalue weighted by Gasteiger charge is -2.09. The fraction of sp³-hybridized carbons (Fsp3) is 0.176. The van der Waals surface area contributed by atoms with Gasteiger partial charge >= 0.3 is 11.8 Å². The molecule has 0 saturated carbocycles. The zero-order chi connectivity index (χ0) is 15.2. The highest BCUT2D eigenvalue weighted by Gasteiger charge is 2.14. The average Bonchev–Trinajstić information content (AvgIpc) is 2.48. The number of amides is 2. The Labute approximate surface area is 124 Å². The van der Waals surface area contributed by atoms with Crippen molar-refractivity contribution in [2.75, 3.05) is 5.32 Å². The van der Waals surface area contributed by atoms with Crippen molar-refractivity contribution in [3.05, 3.63) is 65.2 Å². The maximum Gasteiger partial charge on any atom is 0.313 e. The lowest BCUT2D eigenvalue weighted by molar-refractivity contribution is -0.136. The van der Waals surface area contributed by atoms with Gasteiger partial charge in [0.25, 0.3) is 0 Å². The molecule has 0 radical (unpaired) electrons. The monoisotopic (exact) mass is 282 g/mol. The van der Waals surface area contributed by atoms with Gasteiger partial charge in [-0.15, -0.1) is 0 Å². The smallest absolute Gasteiger partial charge is 0.313 e. The molecule has 0 heterocycles. The van der Waals surface area contributed by atoms with Crippen molar-refractivity contribution in [2.45, 2.75) is 20.4 Å². The van der Waals surface area contributed by atoms with E-state index in [2.05, 4.69) is 10.6 Å². The van der Waals surface area contributed by atoms with Crippen LogP contribution in [-0.4, -0.2) is 11.8 Å². The number of para-hydroxylation sites is 1. The molecule has 0 bridgehead atoms. The number of hydrogen-bond acceptors (Lipinski definition) is 2. The minimum absolute atomic E-state index is 0.340. The minimum atomic E-state index is -0.655. The van der Waals surface area contributed by atoms with Gasteiger partial charge in [-0.05, 0) is 36.6 Å². The molecular weight excluding hydrogens is 264 g/mol. The molecule has 0 fully saturated rings. The van der Waals surface area contributed by atoms with Crippen LogP contribution in [0.2, 0.25) is 0 Å². The zero-order valence-corrected chi connectivity index (χ0v) is 12.1. The molecule has 21 heavy (non-hydrogen) atoms. The molecule has 4 nitrogen and oxygen atoms in total. The third-order valence-corrected chi connectivity index (χ3v) is 3.30. The molecule has 2 N–H and O–H groups in total. The lowest BCUT2D eigenvalue weighted by Crippen LogP contribution is -2.35. The molecule has 0 saturated heterocycles. The number of carbonyl (C=O) groups excluding carboxylic acids is 2. The van der Waals surface area contributed by atoms with E-state index >= 15 is 0 Å². The van der Waals surface area contributed by atoms with Gasteiger partial charge < -0.3 is 10.6 Å². The first-order valence-corrected chi connectivity index (χ1v) is 6.77. The summed E-state index contributed by atoms with van der Waals surface area (Å²) in [7, 11) is 0. The van der Waals surface area contributed by atoms with E-state index in [-0.39, 0.29) is 0 Å². The Kier molecular flexibility index (Phi) is 4.72. The molecule has 2 aromatic carbocycles. The third kappa shape index (κ3) is 3.92. The van der Waals surface area contributed by atoms with Gasteiger partial charge in [-0.2, -0.15) is 0 Å². The Morgan fingerprint density at radius 3 is 2.14 bits per heavy atom. The Balaban J connectivity index is 1.93. The van der Waals surface area contributed by atoms with E-state index in [4.69, 9.17) is 0 Å². The van der Waals surface area contributed by atoms with Crippen molar-refractivity contribution in [2.24, 2.45) is 0 Å². The number of rotatable bonds is 3. The van der Waals surface area contributed by atoms with Crippen LogP contribution in [0.15, 0.2) is 48.5 Å². The van der Waals surface area contributed by atoms with Crippen molar-refractivity contribution in [1.82, 2.24) is 5.32 Å². The topological polar surface area (TPSA) is 58.2 Å². The van der Waals surface area contributed by atoms with Crippen molar-refractivity contribution in [1.29, 1.82) is 0 Å². The van der Waals surface area contributed by atoms with E-state index in [0.29, 0.717) is 12.2 Å². The number of anilines is 1. The van der Waals surface area contributed by atoms with E-state index in [0.717, 1.165) is 16.7 Å². The molecule has 0 atom stereocenters. The maximum absolute atomic E-state index is 11.8. The summed E-state index contributed by atoms with van der Waals surface area (Å²) in [6.07, 6.45) is 0. The van der Waals surface area contributed by atoms with E-state index in [1.807, 2.05) is 56.3 Å². The molecule has 0 aliphatic heterocycles. The molecule has 0 spiro atoms. The predicted molar refractivity (Wildman–Crippen MR) is 82.8 cm³/mol. The van der Waals surface area contributed by atoms with Crippen LogP contribution in [-0.2, 0) is 16.1 Å². The minimum Gasteiger partial charge on any atom is -0.344 e. The summed E-state index contributed by atoms with van der Waals surface area (Å²) >= 11 is 0. The fourth-order valence-electron chi connectivity index (χ4n) is 1.96. The number of aryl methyl sites for hydroxylation is 2. The standard InChI is InChI=1S/C17H18N2O2/c1-12-7-3-5-9-14(12)11-18-16(20)17(21)19-15-10-6-4-8-13(15)2/h3-10H,11H2,1-2H3,(H,18,20)(H,19,21). The summed E-state index contributed by atoms with van der Waals surface area (Å²) < 4.78 is 0. The van der Waals surface area contributed by atoms with Crippen molar-refractivity contribution in [3.8, 4) is 0 Å². The van der Waals surface area contributed by atoms with Gasteiger partial charge in [0.15, 0.2) is 0 Å². The first-order chi connectivity index (χ1) is 10.1. The molecule has 4 heteroatoms. The second kappa shape index (κ2) is 6.70. The maximum atomic E-state index is 11.8. The SMILES string of the molecule is Cc1ccccc1CNC(=O)C(=O)Nc1ccccc1C. The molecule has 0 aliphatic rings. The highest BCUT2D eigenvalue weighted by Crippen LogP contribution is 2.12. The van der Waals surface area contributed by atoms with Gasteiger partial charge in [-0.25, -0.2) is 0 Å². The first-order valence-electron chi connectivity index (χ1n) is 6.77. The predicted octanol–water partition coefficient (Wildman–Crippen LogP) is 2.56. The third-order valence-electron chi connectivity index (χ3n) is 3.30. The summed E-state index contributed by atoms with van der Waals surface area (Å²) in [6, 6.07) is 15.1. The largest absolute Gasteiger partial charge is 0.344 e. The van der Waals surface area contributed by atoms with Crippen molar-refractivity contribution in [3.63, 3.8) is 0 Å². The Morgan fingerprint density at radius 2 is 1.48 bits per heavy atom. The van der Waals surface area contributed by atoms with Gasteiger partial charge in [0, 0.05) is 12.2 Å². The van der Waals surface area contributed by atoms with Crippen molar-refractivity contribution < 1.29 is 9.59 Å². The van der Waals surface area contributed by atoms with Gasteiger partial charge in [0.2, 0.25) is 0 Å². The second-order valence-electron chi connectivity index (χ2n) is 4.88. The van der Waals surface area contributed by atoms with E-state index < -0.39 is 11.8 Å². The van der Waals surface area contributed by atoms with Crippen LogP contribution in [0.3, 0.4) is 0 Å².